The zero-order valence-electron chi connectivity index (χ0n) is 12.7. The van der Waals surface area contributed by atoms with Crippen molar-refractivity contribution < 1.29 is 8.81 Å². The molecule has 4 nitrogen and oxygen atoms in total. The number of hydrogen-bond donors (Lipinski definition) is 1. The number of nitrogens with zero attached hydrogens (tertiary/aromatic N) is 2. The molecule has 3 aromatic rings. The average molecular weight is 311 g/mol. The van der Waals surface area contributed by atoms with Crippen LogP contribution in [0.15, 0.2) is 65.9 Å². The number of aromatic amines is 1. The molecule has 0 bridgehead atoms. The molecule has 118 valence electrons. The van der Waals surface area contributed by atoms with Gasteiger partial charge in [-0.1, -0.05) is 6.08 Å². The molecule has 1 N–H and O–H groups in total. The summed E-state index contributed by atoms with van der Waals surface area (Å²) in [6.07, 6.45) is 5.33. The quantitative estimate of drug-likeness (QED) is 0.671. The first-order valence-corrected chi connectivity index (χ1v) is 7.40. The summed E-state index contributed by atoms with van der Waals surface area (Å²) in [7, 11) is 0. The molecule has 2 aromatic heterocycles. The van der Waals surface area contributed by atoms with Crippen molar-refractivity contribution in [2.24, 2.45) is 0 Å². The summed E-state index contributed by atoms with van der Waals surface area (Å²) in [6, 6.07) is 10.2. The van der Waals surface area contributed by atoms with Crippen molar-refractivity contribution in [3.63, 3.8) is 0 Å². The van der Waals surface area contributed by atoms with Gasteiger partial charge in [-0.2, -0.15) is 5.10 Å². The van der Waals surface area contributed by atoms with Gasteiger partial charge in [-0.05, 0) is 36.4 Å². The van der Waals surface area contributed by atoms with Crippen molar-refractivity contribution in [2.45, 2.75) is 13.1 Å². The van der Waals surface area contributed by atoms with Gasteiger partial charge in [0.05, 0.1) is 24.7 Å². The van der Waals surface area contributed by atoms with Crippen LogP contribution in [0.1, 0.15) is 11.3 Å². The van der Waals surface area contributed by atoms with E-state index in [1.807, 2.05) is 18.2 Å². The minimum Gasteiger partial charge on any atom is -0.468 e. The number of aromatic nitrogens is 2. The lowest BCUT2D eigenvalue weighted by Crippen LogP contribution is -2.22. The molecule has 23 heavy (non-hydrogen) atoms. The van der Waals surface area contributed by atoms with E-state index in [9.17, 15) is 4.39 Å². The first kappa shape index (κ1) is 15.2. The predicted molar refractivity (Wildman–Crippen MR) is 87.0 cm³/mol. The largest absolute Gasteiger partial charge is 0.468 e. The average Bonchev–Trinajstić information content (AvgIpc) is 3.20. The smallest absolute Gasteiger partial charge is 0.123 e. The van der Waals surface area contributed by atoms with Crippen LogP contribution in [0, 0.1) is 5.82 Å². The van der Waals surface area contributed by atoms with Gasteiger partial charge in [0.2, 0.25) is 0 Å². The van der Waals surface area contributed by atoms with E-state index in [1.165, 1.54) is 12.1 Å². The van der Waals surface area contributed by atoms with Gasteiger partial charge in [0, 0.05) is 24.2 Å². The molecule has 0 aliphatic rings. The molecule has 0 radical (unpaired) electrons. The Kier molecular flexibility index (Phi) is 4.68. The molecule has 0 spiro atoms. The number of furan rings is 1. The van der Waals surface area contributed by atoms with Gasteiger partial charge in [-0.3, -0.25) is 10.00 Å². The van der Waals surface area contributed by atoms with Crippen LogP contribution in [0.4, 0.5) is 4.39 Å². The van der Waals surface area contributed by atoms with E-state index in [-0.39, 0.29) is 5.82 Å². The van der Waals surface area contributed by atoms with Crippen LogP contribution in [0.2, 0.25) is 0 Å². The maximum Gasteiger partial charge on any atom is 0.123 e. The SMILES string of the molecule is C=CCN(Cc1ccco1)Cc1cn[nH]c1-c1ccc(F)cc1. The maximum atomic E-state index is 13.1. The van der Waals surface area contributed by atoms with E-state index in [0.29, 0.717) is 13.1 Å². The van der Waals surface area contributed by atoms with Gasteiger partial charge >= 0.3 is 0 Å². The third-order valence-corrected chi connectivity index (χ3v) is 3.59. The molecule has 1 aromatic carbocycles. The molecule has 2 heterocycles. The molecule has 5 heteroatoms. The molecule has 0 saturated heterocycles. The van der Waals surface area contributed by atoms with Crippen LogP contribution in [0.3, 0.4) is 0 Å². The standard InChI is InChI=1S/C18H18FN3O/c1-2-9-22(13-17-4-3-10-23-17)12-15-11-20-21-18(15)14-5-7-16(19)8-6-14/h2-8,10-11H,1,9,12-13H2,(H,20,21). The normalized spacial score (nSPS) is 11.0. The van der Waals surface area contributed by atoms with E-state index in [0.717, 1.165) is 29.1 Å². The number of halogens is 1. The molecule has 0 saturated carbocycles. The fourth-order valence-corrected chi connectivity index (χ4v) is 2.53. The molecule has 0 amide bonds. The van der Waals surface area contributed by atoms with Crippen LogP contribution in [0.25, 0.3) is 11.3 Å². The van der Waals surface area contributed by atoms with Crippen molar-refractivity contribution in [2.75, 3.05) is 6.54 Å². The predicted octanol–water partition coefficient (Wildman–Crippen LogP) is 4.00. The first-order valence-electron chi connectivity index (χ1n) is 7.40. The molecule has 0 unspecified atom stereocenters. The third-order valence-electron chi connectivity index (χ3n) is 3.59. The second-order valence-corrected chi connectivity index (χ2v) is 5.31. The third kappa shape index (κ3) is 3.76. The number of H-pyrrole nitrogens is 1. The first-order chi connectivity index (χ1) is 11.3. The van der Waals surface area contributed by atoms with E-state index >= 15 is 0 Å². The lowest BCUT2D eigenvalue weighted by atomic mass is 10.1. The minimum atomic E-state index is -0.249. The molecular formula is C18H18FN3O. The minimum absolute atomic E-state index is 0.249. The van der Waals surface area contributed by atoms with E-state index in [1.54, 1.807) is 24.6 Å². The number of benzene rings is 1. The zero-order chi connectivity index (χ0) is 16.1. The summed E-state index contributed by atoms with van der Waals surface area (Å²) >= 11 is 0. The Morgan fingerprint density at radius 2 is 2.04 bits per heavy atom. The van der Waals surface area contributed by atoms with Crippen molar-refractivity contribution in [1.82, 2.24) is 15.1 Å². The lowest BCUT2D eigenvalue weighted by Gasteiger charge is -2.19. The summed E-state index contributed by atoms with van der Waals surface area (Å²) in [4.78, 5) is 2.20. The lowest BCUT2D eigenvalue weighted by molar-refractivity contribution is 0.260. The summed E-state index contributed by atoms with van der Waals surface area (Å²) in [6.45, 7) is 5.92. The van der Waals surface area contributed by atoms with Crippen molar-refractivity contribution in [1.29, 1.82) is 0 Å². The highest BCUT2D eigenvalue weighted by atomic mass is 19.1. The molecule has 0 aliphatic carbocycles. The van der Waals surface area contributed by atoms with Crippen molar-refractivity contribution in [3.8, 4) is 11.3 Å². The van der Waals surface area contributed by atoms with Crippen molar-refractivity contribution in [3.05, 3.63) is 78.7 Å². The summed E-state index contributed by atoms with van der Waals surface area (Å²) in [5.41, 5.74) is 2.86. The second-order valence-electron chi connectivity index (χ2n) is 5.31. The van der Waals surface area contributed by atoms with Crippen LogP contribution in [-0.4, -0.2) is 21.6 Å². The van der Waals surface area contributed by atoms with E-state index < -0.39 is 0 Å². The Hall–Kier alpha value is -2.66. The Bertz CT molecular complexity index is 747. The van der Waals surface area contributed by atoms with Gasteiger partial charge in [0.25, 0.3) is 0 Å². The number of nitrogens with one attached hydrogen (secondary N) is 1. The Morgan fingerprint density at radius 1 is 1.22 bits per heavy atom. The fourth-order valence-electron chi connectivity index (χ4n) is 2.53. The van der Waals surface area contributed by atoms with E-state index in [2.05, 4.69) is 21.7 Å². The van der Waals surface area contributed by atoms with Gasteiger partial charge in [-0.25, -0.2) is 4.39 Å². The molecule has 0 aliphatic heterocycles. The summed E-state index contributed by atoms with van der Waals surface area (Å²) in [5, 5.41) is 7.14. The van der Waals surface area contributed by atoms with Gasteiger partial charge < -0.3 is 4.42 Å². The Labute approximate surface area is 134 Å². The fraction of sp³-hybridized carbons (Fsp3) is 0.167. The van der Waals surface area contributed by atoms with Crippen molar-refractivity contribution >= 4 is 0 Å². The topological polar surface area (TPSA) is 45.1 Å². The van der Waals surface area contributed by atoms with Crippen LogP contribution in [0.5, 0.6) is 0 Å². The van der Waals surface area contributed by atoms with E-state index in [4.69, 9.17) is 4.42 Å². The molecule has 0 fully saturated rings. The molecular weight excluding hydrogens is 293 g/mol. The Balaban J connectivity index is 1.79. The highest BCUT2D eigenvalue weighted by Gasteiger charge is 2.13. The van der Waals surface area contributed by atoms with Gasteiger partial charge in [0.1, 0.15) is 11.6 Å². The Morgan fingerprint density at radius 3 is 2.74 bits per heavy atom. The van der Waals surface area contributed by atoms with Crippen LogP contribution < -0.4 is 0 Å². The molecule has 0 atom stereocenters. The number of hydrogen-bond acceptors (Lipinski definition) is 3. The second kappa shape index (κ2) is 7.07. The highest BCUT2D eigenvalue weighted by molar-refractivity contribution is 5.62. The highest BCUT2D eigenvalue weighted by Crippen LogP contribution is 2.23. The maximum absolute atomic E-state index is 13.1. The van der Waals surface area contributed by atoms with Crippen LogP contribution >= 0.6 is 0 Å². The monoisotopic (exact) mass is 311 g/mol. The number of rotatable bonds is 7. The summed E-state index contributed by atoms with van der Waals surface area (Å²) < 4.78 is 18.5. The van der Waals surface area contributed by atoms with Gasteiger partial charge in [0.15, 0.2) is 0 Å². The van der Waals surface area contributed by atoms with Crippen LogP contribution in [-0.2, 0) is 13.1 Å². The van der Waals surface area contributed by atoms with Gasteiger partial charge in [-0.15, -0.1) is 6.58 Å². The zero-order valence-corrected chi connectivity index (χ0v) is 12.7. The molecule has 3 rings (SSSR count). The summed E-state index contributed by atoms with van der Waals surface area (Å²) in [5.74, 6) is 0.652.